The van der Waals surface area contributed by atoms with Gasteiger partial charge in [0.05, 0.1) is 18.7 Å². The maximum atomic E-state index is 11.9. The van der Waals surface area contributed by atoms with E-state index >= 15 is 0 Å². The van der Waals surface area contributed by atoms with Crippen LogP contribution in [-0.4, -0.2) is 29.3 Å². The first kappa shape index (κ1) is 13.4. The molecule has 0 spiro atoms. The van der Waals surface area contributed by atoms with Crippen LogP contribution in [-0.2, 0) is 9.53 Å². The molecule has 5 nitrogen and oxygen atoms in total. The van der Waals surface area contributed by atoms with Crippen molar-refractivity contribution in [2.75, 3.05) is 11.4 Å². The maximum Gasteiger partial charge on any atom is 0.415 e. The van der Waals surface area contributed by atoms with Crippen LogP contribution >= 0.6 is 0 Å². The summed E-state index contributed by atoms with van der Waals surface area (Å²) in [7, 11) is 0. The molecule has 1 N–H and O–H groups in total. The van der Waals surface area contributed by atoms with E-state index in [2.05, 4.69) is 0 Å². The number of carbonyl (C=O) groups excluding carboxylic acids is 1. The fraction of sp³-hybridized carbons (Fsp3) is 0.429. The highest BCUT2D eigenvalue weighted by Gasteiger charge is 2.43. The molecule has 0 bridgehead atoms. The largest absolute Gasteiger partial charge is 0.481 e. The summed E-state index contributed by atoms with van der Waals surface area (Å²) in [5.41, 5.74) is 1.81. The Morgan fingerprint density at radius 3 is 2.79 bits per heavy atom. The molecule has 19 heavy (non-hydrogen) atoms. The van der Waals surface area contributed by atoms with E-state index in [1.165, 1.54) is 4.90 Å². The van der Waals surface area contributed by atoms with Crippen molar-refractivity contribution in [3.63, 3.8) is 0 Å². The standard InChI is InChI=1S/C14H17NO4/c1-9-4-5-10(2)11(6-9)15-8-14(3,7-12(16)17)19-13(15)18/h4-6H,7-8H2,1-3H3,(H,16,17). The van der Waals surface area contributed by atoms with Crippen LogP contribution in [0.15, 0.2) is 18.2 Å². The zero-order valence-corrected chi connectivity index (χ0v) is 11.3. The molecular weight excluding hydrogens is 246 g/mol. The number of nitrogens with zero attached hydrogens (tertiary/aromatic N) is 1. The quantitative estimate of drug-likeness (QED) is 0.909. The number of benzene rings is 1. The first-order chi connectivity index (χ1) is 8.81. The number of rotatable bonds is 3. The number of carboxylic acid groups (broad SMARTS) is 1. The summed E-state index contributed by atoms with van der Waals surface area (Å²) in [6.45, 7) is 5.75. The molecule has 1 heterocycles. The summed E-state index contributed by atoms with van der Waals surface area (Å²) in [4.78, 5) is 24.3. The zero-order chi connectivity index (χ0) is 14.2. The Morgan fingerprint density at radius 1 is 1.47 bits per heavy atom. The summed E-state index contributed by atoms with van der Waals surface area (Å²) < 4.78 is 5.23. The van der Waals surface area contributed by atoms with Gasteiger partial charge in [-0.2, -0.15) is 0 Å². The van der Waals surface area contributed by atoms with Crippen molar-refractivity contribution in [3.05, 3.63) is 29.3 Å². The van der Waals surface area contributed by atoms with Crippen molar-refractivity contribution in [1.82, 2.24) is 0 Å². The number of hydrogen-bond donors (Lipinski definition) is 1. The Kier molecular flexibility index (Phi) is 3.22. The molecule has 1 unspecified atom stereocenters. The van der Waals surface area contributed by atoms with E-state index in [1.807, 2.05) is 32.0 Å². The molecule has 102 valence electrons. The summed E-state index contributed by atoms with van der Waals surface area (Å²) in [6, 6.07) is 5.81. The zero-order valence-electron chi connectivity index (χ0n) is 11.3. The highest BCUT2D eigenvalue weighted by molar-refractivity contribution is 5.91. The number of amides is 1. The predicted molar refractivity (Wildman–Crippen MR) is 70.4 cm³/mol. The molecular formula is C14H17NO4. The van der Waals surface area contributed by atoms with Crippen LogP contribution in [0.25, 0.3) is 0 Å². The normalized spacial score (nSPS) is 22.5. The van der Waals surface area contributed by atoms with E-state index < -0.39 is 17.7 Å². The molecule has 1 saturated heterocycles. The summed E-state index contributed by atoms with van der Waals surface area (Å²) in [5, 5.41) is 8.87. The topological polar surface area (TPSA) is 66.8 Å². The Labute approximate surface area is 111 Å². The monoisotopic (exact) mass is 263 g/mol. The van der Waals surface area contributed by atoms with Gasteiger partial charge in [0.25, 0.3) is 0 Å². The molecule has 1 fully saturated rings. The first-order valence-electron chi connectivity index (χ1n) is 6.10. The van der Waals surface area contributed by atoms with Gasteiger partial charge in [-0.1, -0.05) is 12.1 Å². The lowest BCUT2D eigenvalue weighted by Crippen LogP contribution is -2.33. The fourth-order valence-corrected chi connectivity index (χ4v) is 2.30. The van der Waals surface area contributed by atoms with E-state index in [1.54, 1.807) is 6.92 Å². The second-order valence-electron chi connectivity index (χ2n) is 5.26. The number of aliphatic carboxylic acids is 1. The van der Waals surface area contributed by atoms with Gasteiger partial charge in [-0.05, 0) is 38.0 Å². The average molecular weight is 263 g/mol. The molecule has 5 heteroatoms. The molecule has 1 atom stereocenters. The average Bonchev–Trinajstić information content (AvgIpc) is 2.56. The maximum absolute atomic E-state index is 11.9. The van der Waals surface area contributed by atoms with Gasteiger partial charge in [0.15, 0.2) is 0 Å². The van der Waals surface area contributed by atoms with Crippen LogP contribution < -0.4 is 4.90 Å². The summed E-state index contributed by atoms with van der Waals surface area (Å²) in [5.74, 6) is -0.974. The third kappa shape index (κ3) is 2.70. The van der Waals surface area contributed by atoms with Gasteiger partial charge in [0.2, 0.25) is 0 Å². The van der Waals surface area contributed by atoms with Crippen LogP contribution in [0.2, 0.25) is 0 Å². The highest BCUT2D eigenvalue weighted by atomic mass is 16.6. The minimum atomic E-state index is -0.974. The van der Waals surface area contributed by atoms with Crippen molar-refractivity contribution in [2.24, 2.45) is 0 Å². The van der Waals surface area contributed by atoms with E-state index in [9.17, 15) is 9.59 Å². The number of ether oxygens (including phenoxy) is 1. The number of anilines is 1. The third-order valence-electron chi connectivity index (χ3n) is 3.23. The predicted octanol–water partition coefficient (Wildman–Crippen LogP) is 2.49. The number of carboxylic acids is 1. The lowest BCUT2D eigenvalue weighted by molar-refractivity contribution is -0.140. The van der Waals surface area contributed by atoms with Crippen LogP contribution in [0.3, 0.4) is 0 Å². The molecule has 1 aromatic rings. The second kappa shape index (κ2) is 4.57. The van der Waals surface area contributed by atoms with Gasteiger partial charge in [-0.3, -0.25) is 9.69 Å². The molecule has 0 aromatic heterocycles. The molecule has 1 aliphatic heterocycles. The molecule has 2 rings (SSSR count). The Bertz CT molecular complexity index is 540. The molecule has 0 saturated carbocycles. The van der Waals surface area contributed by atoms with E-state index in [0.717, 1.165) is 16.8 Å². The lowest BCUT2D eigenvalue weighted by Gasteiger charge is -2.20. The third-order valence-corrected chi connectivity index (χ3v) is 3.23. The van der Waals surface area contributed by atoms with Gasteiger partial charge in [0.1, 0.15) is 5.60 Å². The van der Waals surface area contributed by atoms with Gasteiger partial charge in [0, 0.05) is 0 Å². The lowest BCUT2D eigenvalue weighted by atomic mass is 10.0. The molecule has 1 aromatic carbocycles. The fourth-order valence-electron chi connectivity index (χ4n) is 2.30. The Morgan fingerprint density at radius 2 is 2.16 bits per heavy atom. The first-order valence-corrected chi connectivity index (χ1v) is 6.10. The molecule has 1 amide bonds. The number of cyclic esters (lactones) is 1. The Hall–Kier alpha value is -2.04. The van der Waals surface area contributed by atoms with Gasteiger partial charge in [-0.25, -0.2) is 4.79 Å². The van der Waals surface area contributed by atoms with Crippen molar-refractivity contribution in [3.8, 4) is 0 Å². The minimum Gasteiger partial charge on any atom is -0.481 e. The van der Waals surface area contributed by atoms with Gasteiger partial charge in [-0.15, -0.1) is 0 Å². The number of aryl methyl sites for hydroxylation is 2. The van der Waals surface area contributed by atoms with E-state index in [4.69, 9.17) is 9.84 Å². The van der Waals surface area contributed by atoms with Crippen molar-refractivity contribution >= 4 is 17.7 Å². The summed E-state index contributed by atoms with van der Waals surface area (Å²) >= 11 is 0. The van der Waals surface area contributed by atoms with Crippen LogP contribution in [0.1, 0.15) is 24.5 Å². The Balaban J connectivity index is 2.29. The smallest absolute Gasteiger partial charge is 0.415 e. The molecule has 0 aliphatic carbocycles. The molecule has 1 aliphatic rings. The number of carbonyl (C=O) groups is 2. The van der Waals surface area contributed by atoms with Crippen molar-refractivity contribution in [1.29, 1.82) is 0 Å². The summed E-state index contributed by atoms with van der Waals surface area (Å²) in [6.07, 6.45) is -0.683. The number of hydrogen-bond acceptors (Lipinski definition) is 3. The highest BCUT2D eigenvalue weighted by Crippen LogP contribution is 2.32. The molecule has 0 radical (unpaired) electrons. The van der Waals surface area contributed by atoms with Gasteiger partial charge < -0.3 is 9.84 Å². The van der Waals surface area contributed by atoms with E-state index in [-0.39, 0.29) is 13.0 Å². The SMILES string of the molecule is Cc1ccc(C)c(N2CC(C)(CC(=O)O)OC2=O)c1. The van der Waals surface area contributed by atoms with Crippen LogP contribution in [0.5, 0.6) is 0 Å². The second-order valence-corrected chi connectivity index (χ2v) is 5.26. The van der Waals surface area contributed by atoms with Crippen LogP contribution in [0.4, 0.5) is 10.5 Å². The minimum absolute atomic E-state index is 0.194. The van der Waals surface area contributed by atoms with Crippen molar-refractivity contribution < 1.29 is 19.4 Å². The van der Waals surface area contributed by atoms with Gasteiger partial charge >= 0.3 is 12.1 Å². The van der Waals surface area contributed by atoms with Crippen LogP contribution in [0, 0.1) is 13.8 Å². The van der Waals surface area contributed by atoms with E-state index in [0.29, 0.717) is 0 Å². The van der Waals surface area contributed by atoms with Crippen molar-refractivity contribution in [2.45, 2.75) is 32.8 Å².